The highest BCUT2D eigenvalue weighted by atomic mass is 35.5. The standard InChI is InChI=1S/C18H19ClN2O3/c1-12-14(19)8-5-9-15(12)20-17(23)10-18(24)21-16(11-22)13-6-3-2-4-7-13/h2-9,16,22H,10-11H2,1H3,(H,20,23)(H,21,24)/t16-/m0/s1. The van der Waals surface area contributed by atoms with E-state index in [-0.39, 0.29) is 13.0 Å². The predicted octanol–water partition coefficient (Wildman–Crippen LogP) is 2.83. The molecule has 0 bridgehead atoms. The molecule has 2 rings (SSSR count). The average molecular weight is 347 g/mol. The molecule has 0 heterocycles. The van der Waals surface area contributed by atoms with Crippen LogP contribution in [0.3, 0.4) is 0 Å². The highest BCUT2D eigenvalue weighted by Crippen LogP contribution is 2.23. The van der Waals surface area contributed by atoms with Gasteiger partial charge in [0.05, 0.1) is 12.6 Å². The molecule has 3 N–H and O–H groups in total. The lowest BCUT2D eigenvalue weighted by molar-refractivity contribution is -0.127. The van der Waals surface area contributed by atoms with Crippen LogP contribution in [-0.2, 0) is 9.59 Å². The molecular formula is C18H19ClN2O3. The molecule has 0 fully saturated rings. The van der Waals surface area contributed by atoms with Gasteiger partial charge in [0.1, 0.15) is 6.42 Å². The molecular weight excluding hydrogens is 328 g/mol. The minimum Gasteiger partial charge on any atom is -0.394 e. The summed E-state index contributed by atoms with van der Waals surface area (Å²) < 4.78 is 0. The van der Waals surface area contributed by atoms with Gasteiger partial charge in [-0.2, -0.15) is 0 Å². The lowest BCUT2D eigenvalue weighted by Gasteiger charge is -2.16. The van der Waals surface area contributed by atoms with Crippen LogP contribution in [-0.4, -0.2) is 23.5 Å². The summed E-state index contributed by atoms with van der Waals surface area (Å²) in [5, 5.41) is 15.3. The Hall–Kier alpha value is -2.37. The Bertz CT molecular complexity index is 719. The minimum atomic E-state index is -0.542. The topological polar surface area (TPSA) is 78.4 Å². The Kier molecular flexibility index (Phi) is 6.35. The Morgan fingerprint density at radius 3 is 2.46 bits per heavy atom. The molecule has 5 nitrogen and oxygen atoms in total. The van der Waals surface area contributed by atoms with Gasteiger partial charge in [-0.3, -0.25) is 9.59 Å². The Labute approximate surface area is 145 Å². The van der Waals surface area contributed by atoms with Crippen LogP contribution in [0.4, 0.5) is 5.69 Å². The third-order valence-electron chi connectivity index (χ3n) is 3.58. The van der Waals surface area contributed by atoms with Crippen LogP contribution in [0.5, 0.6) is 0 Å². The number of hydrogen-bond acceptors (Lipinski definition) is 3. The van der Waals surface area contributed by atoms with Crippen molar-refractivity contribution in [3.8, 4) is 0 Å². The first-order chi connectivity index (χ1) is 11.5. The molecule has 2 aromatic carbocycles. The van der Waals surface area contributed by atoms with E-state index in [1.54, 1.807) is 37.3 Å². The number of anilines is 1. The monoisotopic (exact) mass is 346 g/mol. The zero-order chi connectivity index (χ0) is 17.5. The Morgan fingerprint density at radius 1 is 1.08 bits per heavy atom. The number of aliphatic hydroxyl groups excluding tert-OH is 1. The second-order valence-electron chi connectivity index (χ2n) is 5.35. The van der Waals surface area contributed by atoms with Gasteiger partial charge in [-0.15, -0.1) is 0 Å². The van der Waals surface area contributed by atoms with Crippen molar-refractivity contribution in [3.05, 3.63) is 64.7 Å². The number of amides is 2. The van der Waals surface area contributed by atoms with E-state index in [1.165, 1.54) is 0 Å². The fourth-order valence-electron chi connectivity index (χ4n) is 2.25. The summed E-state index contributed by atoms with van der Waals surface area (Å²) in [6, 6.07) is 13.7. The summed E-state index contributed by atoms with van der Waals surface area (Å²) >= 11 is 6.00. The van der Waals surface area contributed by atoms with Gasteiger partial charge in [0.25, 0.3) is 0 Å². The molecule has 126 valence electrons. The van der Waals surface area contributed by atoms with Gasteiger partial charge >= 0.3 is 0 Å². The number of carbonyl (C=O) groups excluding carboxylic acids is 2. The fraction of sp³-hybridized carbons (Fsp3) is 0.222. The largest absolute Gasteiger partial charge is 0.394 e. The third kappa shape index (κ3) is 4.81. The second kappa shape index (κ2) is 8.47. The van der Waals surface area contributed by atoms with Crippen LogP contribution in [0.15, 0.2) is 48.5 Å². The van der Waals surface area contributed by atoms with Crippen LogP contribution >= 0.6 is 11.6 Å². The SMILES string of the molecule is Cc1c(Cl)cccc1NC(=O)CC(=O)N[C@@H](CO)c1ccccc1. The highest BCUT2D eigenvalue weighted by molar-refractivity contribution is 6.31. The van der Waals surface area contributed by atoms with E-state index >= 15 is 0 Å². The third-order valence-corrected chi connectivity index (χ3v) is 3.99. The minimum absolute atomic E-state index is 0.245. The molecule has 2 aromatic rings. The number of halogens is 1. The van der Waals surface area contributed by atoms with Gasteiger partial charge in [0.15, 0.2) is 0 Å². The first-order valence-electron chi connectivity index (χ1n) is 7.51. The number of carbonyl (C=O) groups is 2. The summed E-state index contributed by atoms with van der Waals surface area (Å²) in [5.41, 5.74) is 2.09. The van der Waals surface area contributed by atoms with Gasteiger partial charge < -0.3 is 15.7 Å². The van der Waals surface area contributed by atoms with Crippen molar-refractivity contribution in [1.82, 2.24) is 5.32 Å². The van der Waals surface area contributed by atoms with Gasteiger partial charge in [-0.1, -0.05) is 48.0 Å². The highest BCUT2D eigenvalue weighted by Gasteiger charge is 2.16. The molecule has 0 aliphatic rings. The lowest BCUT2D eigenvalue weighted by Crippen LogP contribution is -2.33. The number of aliphatic hydroxyl groups is 1. The quantitative estimate of drug-likeness (QED) is 0.704. The predicted molar refractivity (Wildman–Crippen MR) is 93.8 cm³/mol. The van der Waals surface area contributed by atoms with E-state index in [1.807, 2.05) is 18.2 Å². The van der Waals surface area contributed by atoms with Crippen LogP contribution in [0.1, 0.15) is 23.6 Å². The van der Waals surface area contributed by atoms with Crippen molar-refractivity contribution in [3.63, 3.8) is 0 Å². The molecule has 0 spiro atoms. The van der Waals surface area contributed by atoms with Crippen molar-refractivity contribution in [2.75, 3.05) is 11.9 Å². The molecule has 24 heavy (non-hydrogen) atoms. The Balaban J connectivity index is 1.94. The van der Waals surface area contributed by atoms with Gasteiger partial charge in [0, 0.05) is 10.7 Å². The van der Waals surface area contributed by atoms with Crippen molar-refractivity contribution in [2.24, 2.45) is 0 Å². The summed E-state index contributed by atoms with van der Waals surface area (Å²) in [6.07, 6.45) is -0.338. The summed E-state index contributed by atoms with van der Waals surface area (Å²) in [7, 11) is 0. The van der Waals surface area contributed by atoms with Crippen LogP contribution in [0.2, 0.25) is 5.02 Å². The molecule has 6 heteroatoms. The zero-order valence-electron chi connectivity index (χ0n) is 13.3. The second-order valence-corrected chi connectivity index (χ2v) is 5.76. The molecule has 0 aliphatic carbocycles. The molecule has 0 unspecified atom stereocenters. The number of benzene rings is 2. The molecule has 0 aromatic heterocycles. The Morgan fingerprint density at radius 2 is 1.79 bits per heavy atom. The lowest BCUT2D eigenvalue weighted by atomic mass is 10.1. The van der Waals surface area contributed by atoms with Crippen molar-refractivity contribution < 1.29 is 14.7 Å². The smallest absolute Gasteiger partial charge is 0.233 e. The molecule has 0 saturated heterocycles. The van der Waals surface area contributed by atoms with Crippen LogP contribution in [0.25, 0.3) is 0 Å². The summed E-state index contributed by atoms with van der Waals surface area (Å²) in [4.78, 5) is 24.0. The normalized spacial score (nSPS) is 11.6. The van der Waals surface area contributed by atoms with E-state index in [9.17, 15) is 14.7 Å². The first kappa shape index (κ1) is 18.0. The van der Waals surface area contributed by atoms with E-state index < -0.39 is 17.9 Å². The molecule has 0 aliphatic heterocycles. The summed E-state index contributed by atoms with van der Waals surface area (Å²) in [6.45, 7) is 1.54. The molecule has 1 atom stereocenters. The van der Waals surface area contributed by atoms with Gasteiger partial charge in [-0.25, -0.2) is 0 Å². The maximum Gasteiger partial charge on any atom is 0.233 e. The van der Waals surface area contributed by atoms with Crippen LogP contribution in [0, 0.1) is 6.92 Å². The molecule has 0 saturated carbocycles. The molecule has 2 amide bonds. The van der Waals surface area contributed by atoms with Crippen molar-refractivity contribution in [2.45, 2.75) is 19.4 Å². The van der Waals surface area contributed by atoms with Gasteiger partial charge in [-0.05, 0) is 30.2 Å². The first-order valence-corrected chi connectivity index (χ1v) is 7.89. The molecule has 0 radical (unpaired) electrons. The van der Waals surface area contributed by atoms with E-state index in [0.717, 1.165) is 11.1 Å². The van der Waals surface area contributed by atoms with E-state index in [0.29, 0.717) is 10.7 Å². The number of rotatable bonds is 6. The number of hydrogen-bond donors (Lipinski definition) is 3. The average Bonchev–Trinajstić information content (AvgIpc) is 2.57. The van der Waals surface area contributed by atoms with Crippen molar-refractivity contribution >= 4 is 29.1 Å². The summed E-state index contributed by atoms with van der Waals surface area (Å²) in [5.74, 6) is -0.905. The zero-order valence-corrected chi connectivity index (χ0v) is 14.0. The van der Waals surface area contributed by atoms with Crippen LogP contribution < -0.4 is 10.6 Å². The van der Waals surface area contributed by atoms with Gasteiger partial charge in [0.2, 0.25) is 11.8 Å². The maximum absolute atomic E-state index is 12.0. The van der Waals surface area contributed by atoms with Crippen molar-refractivity contribution in [1.29, 1.82) is 0 Å². The maximum atomic E-state index is 12.0. The fourth-order valence-corrected chi connectivity index (χ4v) is 2.42. The van der Waals surface area contributed by atoms with E-state index in [2.05, 4.69) is 10.6 Å². The number of nitrogens with one attached hydrogen (secondary N) is 2. The van der Waals surface area contributed by atoms with E-state index in [4.69, 9.17) is 11.6 Å².